The maximum atomic E-state index is 12.3. The van der Waals surface area contributed by atoms with Gasteiger partial charge >= 0.3 is 0 Å². The summed E-state index contributed by atoms with van der Waals surface area (Å²) in [5.74, 6) is 0.429. The number of nitrogens with two attached hydrogens (primary N) is 1. The molecule has 92 valence electrons. The van der Waals surface area contributed by atoms with E-state index in [1.54, 1.807) is 0 Å². The third kappa shape index (κ3) is 2.24. The van der Waals surface area contributed by atoms with Gasteiger partial charge in [0, 0.05) is 12.5 Å². The minimum atomic E-state index is -0.0371. The third-order valence-electron chi connectivity index (χ3n) is 4.46. The van der Waals surface area contributed by atoms with Crippen LogP contribution < -0.4 is 11.1 Å². The lowest BCUT2D eigenvalue weighted by atomic mass is 9.68. The minimum Gasteiger partial charge on any atom is -0.349 e. The highest BCUT2D eigenvalue weighted by molar-refractivity contribution is 5.80. The zero-order valence-electron chi connectivity index (χ0n) is 10.5. The van der Waals surface area contributed by atoms with Gasteiger partial charge in [0.15, 0.2) is 0 Å². The van der Waals surface area contributed by atoms with E-state index in [0.29, 0.717) is 6.54 Å². The van der Waals surface area contributed by atoms with E-state index in [2.05, 4.69) is 19.2 Å². The summed E-state index contributed by atoms with van der Waals surface area (Å²) in [5.41, 5.74) is 5.82. The van der Waals surface area contributed by atoms with Crippen LogP contribution in [0.2, 0.25) is 0 Å². The van der Waals surface area contributed by atoms with E-state index in [-0.39, 0.29) is 22.8 Å². The summed E-state index contributed by atoms with van der Waals surface area (Å²) in [6, 6.07) is 0. The molecule has 0 aromatic carbocycles. The Bertz CT molecular complexity index is 282. The molecule has 0 aromatic rings. The number of nitrogens with one attached hydrogen (secondary N) is 1. The summed E-state index contributed by atoms with van der Waals surface area (Å²) in [6.45, 7) is 5.03. The highest BCUT2D eigenvalue weighted by Gasteiger charge is 2.46. The lowest BCUT2D eigenvalue weighted by molar-refractivity contribution is -0.131. The monoisotopic (exact) mass is 224 g/mol. The first-order valence-corrected chi connectivity index (χ1v) is 6.51. The largest absolute Gasteiger partial charge is 0.349 e. The smallest absolute Gasteiger partial charge is 0.224 e. The lowest BCUT2D eigenvalue weighted by Gasteiger charge is -2.38. The molecule has 0 aromatic heterocycles. The van der Waals surface area contributed by atoms with Crippen molar-refractivity contribution < 1.29 is 4.79 Å². The van der Waals surface area contributed by atoms with Crippen molar-refractivity contribution in [1.82, 2.24) is 5.32 Å². The van der Waals surface area contributed by atoms with Gasteiger partial charge in [-0.15, -0.1) is 0 Å². The second-order valence-electron chi connectivity index (χ2n) is 6.26. The molecule has 2 aliphatic rings. The van der Waals surface area contributed by atoms with E-state index in [4.69, 9.17) is 5.73 Å². The van der Waals surface area contributed by atoms with E-state index in [1.807, 2.05) is 0 Å². The lowest BCUT2D eigenvalue weighted by Crippen LogP contribution is -2.49. The van der Waals surface area contributed by atoms with Crippen molar-refractivity contribution in [3.8, 4) is 0 Å². The van der Waals surface area contributed by atoms with Crippen molar-refractivity contribution in [1.29, 1.82) is 0 Å². The zero-order chi connectivity index (χ0) is 11.8. The quantitative estimate of drug-likeness (QED) is 0.768. The van der Waals surface area contributed by atoms with Gasteiger partial charge in [0.05, 0.1) is 5.54 Å². The van der Waals surface area contributed by atoms with E-state index in [9.17, 15) is 4.79 Å². The van der Waals surface area contributed by atoms with Crippen molar-refractivity contribution in [2.45, 2.75) is 57.9 Å². The van der Waals surface area contributed by atoms with Crippen LogP contribution in [0.4, 0.5) is 0 Å². The number of hydrogen-bond acceptors (Lipinski definition) is 2. The van der Waals surface area contributed by atoms with Gasteiger partial charge in [-0.25, -0.2) is 0 Å². The first-order valence-electron chi connectivity index (χ1n) is 6.51. The molecule has 0 radical (unpaired) electrons. The Balaban J connectivity index is 1.98. The fourth-order valence-electron chi connectivity index (χ4n) is 2.86. The molecule has 0 aliphatic heterocycles. The average Bonchev–Trinajstić information content (AvgIpc) is 2.97. The Kier molecular flexibility index (Phi) is 2.99. The zero-order valence-corrected chi connectivity index (χ0v) is 10.5. The van der Waals surface area contributed by atoms with Crippen LogP contribution in [0.1, 0.15) is 52.4 Å². The predicted molar refractivity (Wildman–Crippen MR) is 64.9 cm³/mol. The van der Waals surface area contributed by atoms with Gasteiger partial charge in [0.1, 0.15) is 0 Å². The molecule has 0 heterocycles. The number of carbonyl (C=O) groups is 1. The van der Waals surface area contributed by atoms with Crippen molar-refractivity contribution in [2.75, 3.05) is 6.54 Å². The summed E-state index contributed by atoms with van der Waals surface area (Å²) in [4.78, 5) is 12.3. The van der Waals surface area contributed by atoms with Gasteiger partial charge in [-0.05, 0) is 31.1 Å². The Labute approximate surface area is 98.2 Å². The van der Waals surface area contributed by atoms with Crippen molar-refractivity contribution in [2.24, 2.45) is 17.1 Å². The summed E-state index contributed by atoms with van der Waals surface area (Å²) in [6.07, 6.45) is 6.78. The SMILES string of the molecule is CC1(C)CCCCC1C(=O)NC1(CN)CC1. The maximum absolute atomic E-state index is 12.3. The Morgan fingerprint density at radius 3 is 2.50 bits per heavy atom. The Morgan fingerprint density at radius 1 is 1.31 bits per heavy atom. The molecule has 0 bridgehead atoms. The number of amides is 1. The molecule has 1 atom stereocenters. The average molecular weight is 224 g/mol. The molecule has 2 saturated carbocycles. The summed E-state index contributed by atoms with van der Waals surface area (Å²) in [7, 11) is 0. The standard InChI is InChI=1S/C13H24N2O/c1-12(2)6-4-3-5-10(12)11(16)15-13(9-14)7-8-13/h10H,3-9,14H2,1-2H3,(H,15,16). The van der Waals surface area contributed by atoms with Gasteiger partial charge in [-0.1, -0.05) is 26.7 Å². The van der Waals surface area contributed by atoms with Gasteiger partial charge in [-0.2, -0.15) is 0 Å². The maximum Gasteiger partial charge on any atom is 0.224 e. The first-order chi connectivity index (χ1) is 7.49. The van der Waals surface area contributed by atoms with E-state index < -0.39 is 0 Å². The Morgan fingerprint density at radius 2 is 2.00 bits per heavy atom. The molecule has 2 rings (SSSR count). The molecule has 0 saturated heterocycles. The van der Waals surface area contributed by atoms with E-state index in [1.165, 1.54) is 19.3 Å². The molecule has 0 spiro atoms. The Hall–Kier alpha value is -0.570. The second kappa shape index (κ2) is 4.02. The first kappa shape index (κ1) is 11.9. The predicted octanol–water partition coefficient (Wildman–Crippen LogP) is 1.81. The number of rotatable bonds is 3. The van der Waals surface area contributed by atoms with E-state index >= 15 is 0 Å². The van der Waals surface area contributed by atoms with Crippen LogP contribution >= 0.6 is 0 Å². The van der Waals surface area contributed by atoms with Gasteiger partial charge in [0.25, 0.3) is 0 Å². The normalized spacial score (nSPS) is 30.8. The minimum absolute atomic E-state index is 0.0371. The van der Waals surface area contributed by atoms with Crippen LogP contribution in [0.5, 0.6) is 0 Å². The molecule has 16 heavy (non-hydrogen) atoms. The molecule has 3 heteroatoms. The molecule has 3 nitrogen and oxygen atoms in total. The highest BCUT2D eigenvalue weighted by Crippen LogP contribution is 2.42. The van der Waals surface area contributed by atoms with Crippen molar-refractivity contribution in [3.05, 3.63) is 0 Å². The van der Waals surface area contributed by atoms with Crippen LogP contribution in [-0.4, -0.2) is 18.0 Å². The van der Waals surface area contributed by atoms with E-state index in [0.717, 1.165) is 19.3 Å². The fourth-order valence-corrected chi connectivity index (χ4v) is 2.86. The third-order valence-corrected chi connectivity index (χ3v) is 4.46. The highest BCUT2D eigenvalue weighted by atomic mass is 16.2. The van der Waals surface area contributed by atoms with Crippen LogP contribution in [0.3, 0.4) is 0 Å². The molecule has 1 unspecified atom stereocenters. The van der Waals surface area contributed by atoms with Gasteiger partial charge in [0.2, 0.25) is 5.91 Å². The van der Waals surface area contributed by atoms with Gasteiger partial charge < -0.3 is 11.1 Å². The molecule has 2 aliphatic carbocycles. The van der Waals surface area contributed by atoms with Gasteiger partial charge in [-0.3, -0.25) is 4.79 Å². The fraction of sp³-hybridized carbons (Fsp3) is 0.923. The second-order valence-corrected chi connectivity index (χ2v) is 6.26. The van der Waals surface area contributed by atoms with Crippen LogP contribution in [0, 0.1) is 11.3 Å². The van der Waals surface area contributed by atoms with Crippen molar-refractivity contribution >= 4 is 5.91 Å². The summed E-state index contributed by atoms with van der Waals surface area (Å²) in [5, 5.41) is 3.18. The van der Waals surface area contributed by atoms with Crippen LogP contribution in [-0.2, 0) is 4.79 Å². The molecule has 3 N–H and O–H groups in total. The summed E-state index contributed by atoms with van der Waals surface area (Å²) >= 11 is 0. The number of carbonyl (C=O) groups excluding carboxylic acids is 1. The van der Waals surface area contributed by atoms with Crippen molar-refractivity contribution in [3.63, 3.8) is 0 Å². The van der Waals surface area contributed by atoms with Crippen LogP contribution in [0.15, 0.2) is 0 Å². The topological polar surface area (TPSA) is 55.1 Å². The summed E-state index contributed by atoms with van der Waals surface area (Å²) < 4.78 is 0. The molecular weight excluding hydrogens is 200 g/mol. The number of hydrogen-bond donors (Lipinski definition) is 2. The molecule has 2 fully saturated rings. The molecular formula is C13H24N2O. The van der Waals surface area contributed by atoms with Crippen LogP contribution in [0.25, 0.3) is 0 Å². The molecule has 1 amide bonds.